The molecule has 20 heavy (non-hydrogen) atoms. The van der Waals surface area contributed by atoms with Gasteiger partial charge in [0.15, 0.2) is 6.10 Å². The number of rotatable bonds is 4. The molecule has 0 unspecified atom stereocenters. The van der Waals surface area contributed by atoms with Gasteiger partial charge in [0, 0.05) is 4.47 Å². The first-order valence-corrected chi connectivity index (χ1v) is 5.98. The van der Waals surface area contributed by atoms with Gasteiger partial charge in [-0.25, -0.2) is 4.79 Å². The molecule has 0 bridgehead atoms. The van der Waals surface area contributed by atoms with Crippen LogP contribution in [0.4, 0.5) is 13.2 Å². The van der Waals surface area contributed by atoms with Gasteiger partial charge in [-0.05, 0) is 18.2 Å². The number of carboxylic acids is 1. The first-order valence-electron chi connectivity index (χ1n) is 5.18. The summed E-state index contributed by atoms with van der Waals surface area (Å²) >= 11 is 2.87. The lowest BCUT2D eigenvalue weighted by Gasteiger charge is -2.14. The Morgan fingerprint density at radius 2 is 1.95 bits per heavy atom. The summed E-state index contributed by atoms with van der Waals surface area (Å²) in [6.45, 7) is -0.693. The Morgan fingerprint density at radius 1 is 1.35 bits per heavy atom. The zero-order valence-corrected chi connectivity index (χ0v) is 11.3. The molecular formula is C11H9BrF3NO4. The SMILES string of the molecule is O=C(NC[C@H](O)C(=O)O)c1ccc(Br)cc1C(F)(F)F. The van der Waals surface area contributed by atoms with Crippen molar-refractivity contribution in [3.05, 3.63) is 33.8 Å². The molecule has 0 saturated carbocycles. The van der Waals surface area contributed by atoms with Crippen molar-refractivity contribution in [2.45, 2.75) is 12.3 Å². The van der Waals surface area contributed by atoms with E-state index in [1.807, 2.05) is 5.32 Å². The smallest absolute Gasteiger partial charge is 0.417 e. The van der Waals surface area contributed by atoms with Crippen LogP contribution >= 0.6 is 15.9 Å². The summed E-state index contributed by atoms with van der Waals surface area (Å²) in [6.07, 6.45) is -6.62. The molecule has 0 aliphatic rings. The summed E-state index contributed by atoms with van der Waals surface area (Å²) in [5, 5.41) is 19.3. The summed E-state index contributed by atoms with van der Waals surface area (Å²) in [5.74, 6) is -2.71. The number of hydrogen-bond donors (Lipinski definition) is 3. The van der Waals surface area contributed by atoms with E-state index in [0.717, 1.165) is 12.1 Å². The molecule has 0 spiro atoms. The second-order valence-electron chi connectivity index (χ2n) is 3.75. The summed E-state index contributed by atoms with van der Waals surface area (Å²) in [5.41, 5.74) is -1.81. The topological polar surface area (TPSA) is 86.6 Å². The Kier molecular flexibility index (Phi) is 5.12. The van der Waals surface area contributed by atoms with E-state index in [-0.39, 0.29) is 4.47 Å². The average Bonchev–Trinajstić information content (AvgIpc) is 2.34. The Morgan fingerprint density at radius 3 is 2.45 bits per heavy atom. The van der Waals surface area contributed by atoms with Crippen molar-refractivity contribution in [2.75, 3.05) is 6.54 Å². The van der Waals surface area contributed by atoms with Crippen molar-refractivity contribution >= 4 is 27.8 Å². The first kappa shape index (κ1) is 16.4. The molecular weight excluding hydrogens is 347 g/mol. The van der Waals surface area contributed by atoms with Crippen LogP contribution in [0.2, 0.25) is 0 Å². The summed E-state index contributed by atoms with van der Waals surface area (Å²) in [7, 11) is 0. The third-order valence-electron chi connectivity index (χ3n) is 2.27. The molecule has 0 aromatic heterocycles. The first-order chi connectivity index (χ1) is 9.12. The van der Waals surface area contributed by atoms with Crippen LogP contribution in [0.25, 0.3) is 0 Å². The van der Waals surface area contributed by atoms with E-state index >= 15 is 0 Å². The number of aliphatic carboxylic acids is 1. The van der Waals surface area contributed by atoms with E-state index in [2.05, 4.69) is 15.9 Å². The molecule has 0 saturated heterocycles. The summed E-state index contributed by atoms with van der Waals surface area (Å²) in [6, 6.07) is 2.94. The number of hydrogen-bond acceptors (Lipinski definition) is 3. The van der Waals surface area contributed by atoms with Crippen LogP contribution < -0.4 is 5.32 Å². The van der Waals surface area contributed by atoms with Crippen LogP contribution in [0.3, 0.4) is 0 Å². The lowest BCUT2D eigenvalue weighted by Crippen LogP contribution is -2.37. The lowest BCUT2D eigenvalue weighted by molar-refractivity contribution is -0.146. The highest BCUT2D eigenvalue weighted by Crippen LogP contribution is 2.33. The predicted octanol–water partition coefficient (Wildman–Crippen LogP) is 1.64. The molecule has 110 valence electrons. The van der Waals surface area contributed by atoms with Crippen LogP contribution in [-0.4, -0.2) is 34.7 Å². The molecule has 1 aromatic carbocycles. The minimum Gasteiger partial charge on any atom is -0.479 e. The second-order valence-corrected chi connectivity index (χ2v) is 4.67. The zero-order chi connectivity index (χ0) is 15.5. The van der Waals surface area contributed by atoms with E-state index in [9.17, 15) is 22.8 Å². The van der Waals surface area contributed by atoms with E-state index in [1.54, 1.807) is 0 Å². The van der Waals surface area contributed by atoms with Gasteiger partial charge in [-0.3, -0.25) is 4.79 Å². The Balaban J connectivity index is 2.96. The van der Waals surface area contributed by atoms with Crippen molar-refractivity contribution < 1.29 is 33.0 Å². The molecule has 9 heteroatoms. The molecule has 1 atom stereocenters. The molecule has 0 fully saturated rings. The minimum absolute atomic E-state index is 0.145. The second kappa shape index (κ2) is 6.23. The minimum atomic E-state index is -4.73. The number of aliphatic hydroxyl groups is 1. The van der Waals surface area contributed by atoms with Gasteiger partial charge >= 0.3 is 12.1 Å². The molecule has 0 aliphatic heterocycles. The highest BCUT2D eigenvalue weighted by molar-refractivity contribution is 9.10. The van der Waals surface area contributed by atoms with Crippen molar-refractivity contribution in [1.82, 2.24) is 5.32 Å². The van der Waals surface area contributed by atoms with Crippen molar-refractivity contribution in [3.63, 3.8) is 0 Å². The third kappa shape index (κ3) is 4.20. The van der Waals surface area contributed by atoms with E-state index in [4.69, 9.17) is 10.2 Å². The zero-order valence-electron chi connectivity index (χ0n) is 9.74. The molecule has 3 N–H and O–H groups in total. The predicted molar refractivity (Wildman–Crippen MR) is 65.1 cm³/mol. The molecule has 1 rings (SSSR count). The van der Waals surface area contributed by atoms with Gasteiger partial charge in [-0.1, -0.05) is 15.9 Å². The fourth-order valence-electron chi connectivity index (χ4n) is 1.32. The van der Waals surface area contributed by atoms with E-state index in [0.29, 0.717) is 0 Å². The number of aliphatic hydroxyl groups excluding tert-OH is 1. The van der Waals surface area contributed by atoms with Crippen molar-refractivity contribution in [1.29, 1.82) is 0 Å². The molecule has 0 radical (unpaired) electrons. The average molecular weight is 356 g/mol. The normalized spacial score (nSPS) is 12.8. The van der Waals surface area contributed by atoms with Crippen molar-refractivity contribution in [3.8, 4) is 0 Å². The molecule has 1 aromatic rings. The molecule has 0 heterocycles. The van der Waals surface area contributed by atoms with Crippen LogP contribution in [0.1, 0.15) is 15.9 Å². The summed E-state index contributed by atoms with van der Waals surface area (Å²) < 4.78 is 38.5. The van der Waals surface area contributed by atoms with Gasteiger partial charge in [-0.15, -0.1) is 0 Å². The van der Waals surface area contributed by atoms with Crippen LogP contribution in [0.15, 0.2) is 22.7 Å². The lowest BCUT2D eigenvalue weighted by atomic mass is 10.1. The van der Waals surface area contributed by atoms with Crippen LogP contribution in [0.5, 0.6) is 0 Å². The monoisotopic (exact) mass is 355 g/mol. The number of carbonyl (C=O) groups is 2. The van der Waals surface area contributed by atoms with Crippen molar-refractivity contribution in [2.24, 2.45) is 0 Å². The van der Waals surface area contributed by atoms with Crippen LogP contribution in [0, 0.1) is 0 Å². The van der Waals surface area contributed by atoms with Gasteiger partial charge in [0.2, 0.25) is 0 Å². The van der Waals surface area contributed by atoms with Crippen LogP contribution in [-0.2, 0) is 11.0 Å². The summed E-state index contributed by atoms with van der Waals surface area (Å²) in [4.78, 5) is 22.0. The van der Waals surface area contributed by atoms with Gasteiger partial charge < -0.3 is 15.5 Å². The third-order valence-corrected chi connectivity index (χ3v) is 2.77. The van der Waals surface area contributed by atoms with Gasteiger partial charge in [0.05, 0.1) is 17.7 Å². The largest absolute Gasteiger partial charge is 0.479 e. The molecule has 0 aliphatic carbocycles. The Bertz CT molecular complexity index is 533. The fourth-order valence-corrected chi connectivity index (χ4v) is 1.68. The van der Waals surface area contributed by atoms with Gasteiger partial charge in [-0.2, -0.15) is 13.2 Å². The number of amides is 1. The number of carboxylic acid groups (broad SMARTS) is 1. The Labute approximate surface area is 119 Å². The standard InChI is InChI=1S/C11H9BrF3NO4/c12-5-1-2-6(7(3-5)11(13,14)15)9(18)16-4-8(17)10(19)20/h1-3,8,17H,4H2,(H,16,18)(H,19,20)/t8-/m0/s1. The Hall–Kier alpha value is -1.61. The maximum atomic E-state index is 12.8. The quantitative estimate of drug-likeness (QED) is 0.766. The number of carbonyl (C=O) groups excluding carboxylic acids is 1. The van der Waals surface area contributed by atoms with Gasteiger partial charge in [0.1, 0.15) is 0 Å². The molecule has 5 nitrogen and oxygen atoms in total. The number of alkyl halides is 3. The molecule has 1 amide bonds. The van der Waals surface area contributed by atoms with Gasteiger partial charge in [0.25, 0.3) is 5.91 Å². The highest BCUT2D eigenvalue weighted by atomic mass is 79.9. The number of benzene rings is 1. The van der Waals surface area contributed by atoms with E-state index < -0.39 is 41.8 Å². The maximum absolute atomic E-state index is 12.8. The highest BCUT2D eigenvalue weighted by Gasteiger charge is 2.35. The number of halogens is 4. The number of nitrogens with one attached hydrogen (secondary N) is 1. The maximum Gasteiger partial charge on any atom is 0.417 e. The van der Waals surface area contributed by atoms with E-state index in [1.165, 1.54) is 6.07 Å². The fraction of sp³-hybridized carbons (Fsp3) is 0.273.